The number of aryl methyl sites for hydroxylation is 1. The normalized spacial score (nSPS) is 11.9. The van der Waals surface area contributed by atoms with Gasteiger partial charge in [0.2, 0.25) is 0 Å². The van der Waals surface area contributed by atoms with E-state index in [0.717, 1.165) is 12.1 Å². The van der Waals surface area contributed by atoms with Crippen molar-refractivity contribution in [1.82, 2.24) is 0 Å². The highest BCUT2D eigenvalue weighted by Crippen LogP contribution is 2.27. The number of hydrogen-bond acceptors (Lipinski definition) is 4. The third-order valence-corrected chi connectivity index (χ3v) is 7.27. The van der Waals surface area contributed by atoms with Crippen molar-refractivity contribution in [2.24, 2.45) is 0 Å². The summed E-state index contributed by atoms with van der Waals surface area (Å²) >= 11 is 5.99. The molecule has 0 saturated heterocycles. The van der Waals surface area contributed by atoms with Gasteiger partial charge in [0.15, 0.2) is 11.6 Å². The van der Waals surface area contributed by atoms with Crippen molar-refractivity contribution < 1.29 is 25.6 Å². The molecule has 6 nitrogen and oxygen atoms in total. The first-order valence-corrected chi connectivity index (χ1v) is 11.7. The van der Waals surface area contributed by atoms with E-state index in [-0.39, 0.29) is 21.3 Å². The first-order chi connectivity index (χ1) is 14.0. The van der Waals surface area contributed by atoms with Gasteiger partial charge in [-0.2, -0.15) is 0 Å². The van der Waals surface area contributed by atoms with Crippen LogP contribution in [0.2, 0.25) is 5.02 Å². The largest absolute Gasteiger partial charge is 0.280 e. The number of hydrogen-bond donors (Lipinski definition) is 2. The fourth-order valence-electron chi connectivity index (χ4n) is 2.55. The summed E-state index contributed by atoms with van der Waals surface area (Å²) in [7, 11) is -8.39. The lowest BCUT2D eigenvalue weighted by molar-refractivity contribution is 0.504. The van der Waals surface area contributed by atoms with Gasteiger partial charge in [0.25, 0.3) is 20.0 Å². The number of benzene rings is 3. The zero-order chi connectivity index (χ0) is 22.1. The molecule has 0 atom stereocenters. The van der Waals surface area contributed by atoms with Gasteiger partial charge in [-0.3, -0.25) is 9.44 Å². The maximum atomic E-state index is 13.4. The molecule has 0 heterocycles. The van der Waals surface area contributed by atoms with Crippen molar-refractivity contribution >= 4 is 43.0 Å². The molecule has 0 aliphatic carbocycles. The average Bonchev–Trinajstić information content (AvgIpc) is 2.67. The molecule has 2 N–H and O–H groups in total. The third kappa shape index (κ3) is 4.72. The molecular formula is C19H15ClF2N2O4S2. The molecule has 0 aliphatic heterocycles. The molecule has 0 aliphatic rings. The lowest BCUT2D eigenvalue weighted by atomic mass is 10.2. The first kappa shape index (κ1) is 22.0. The molecule has 11 heteroatoms. The molecule has 0 amide bonds. The zero-order valence-corrected chi connectivity index (χ0v) is 17.7. The van der Waals surface area contributed by atoms with E-state index >= 15 is 0 Å². The Kier molecular flexibility index (Phi) is 6.02. The SMILES string of the molecule is Cc1ccc(NS(=O)(=O)c2ccc(F)c(F)c2)cc1S(=O)(=O)Nc1ccccc1Cl. The predicted molar refractivity (Wildman–Crippen MR) is 111 cm³/mol. The fraction of sp³-hybridized carbons (Fsp3) is 0.0526. The van der Waals surface area contributed by atoms with Crippen LogP contribution in [-0.2, 0) is 20.0 Å². The van der Waals surface area contributed by atoms with Crippen LogP contribution in [0.15, 0.2) is 70.5 Å². The summed E-state index contributed by atoms with van der Waals surface area (Å²) in [6, 6.07) is 12.2. The van der Waals surface area contributed by atoms with Gasteiger partial charge in [0.1, 0.15) is 0 Å². The van der Waals surface area contributed by atoms with Crippen molar-refractivity contribution in [1.29, 1.82) is 0 Å². The van der Waals surface area contributed by atoms with Crippen LogP contribution in [-0.4, -0.2) is 16.8 Å². The summed E-state index contributed by atoms with van der Waals surface area (Å²) < 4.78 is 81.5. The van der Waals surface area contributed by atoms with E-state index in [0.29, 0.717) is 17.7 Å². The Morgan fingerprint density at radius 1 is 0.800 bits per heavy atom. The number of rotatable bonds is 6. The molecule has 0 bridgehead atoms. The molecule has 3 rings (SSSR count). The Hall–Kier alpha value is -2.69. The van der Waals surface area contributed by atoms with E-state index in [9.17, 15) is 25.6 Å². The van der Waals surface area contributed by atoms with Gasteiger partial charge >= 0.3 is 0 Å². The lowest BCUT2D eigenvalue weighted by Crippen LogP contribution is -2.17. The predicted octanol–water partition coefficient (Wildman–Crippen LogP) is 4.53. The van der Waals surface area contributed by atoms with E-state index in [2.05, 4.69) is 9.44 Å². The summed E-state index contributed by atoms with van der Waals surface area (Å²) in [5, 5.41) is 0.189. The second-order valence-corrected chi connectivity index (χ2v) is 9.99. The van der Waals surface area contributed by atoms with Crippen LogP contribution in [0.4, 0.5) is 20.2 Å². The standard InChI is InChI=1S/C19H15ClF2N2O4S2/c1-12-6-7-13(23-29(25,26)14-8-9-16(21)17(22)11-14)10-19(12)30(27,28)24-18-5-3-2-4-15(18)20/h2-11,23-24H,1H3. The Morgan fingerprint density at radius 3 is 2.17 bits per heavy atom. The number of sulfonamides is 2. The number of nitrogens with one attached hydrogen (secondary N) is 2. The summed E-state index contributed by atoms with van der Waals surface area (Å²) in [5.74, 6) is -2.52. The van der Waals surface area contributed by atoms with Gasteiger partial charge < -0.3 is 0 Å². The van der Waals surface area contributed by atoms with E-state index in [1.54, 1.807) is 12.1 Å². The van der Waals surface area contributed by atoms with Crippen molar-refractivity contribution in [3.63, 3.8) is 0 Å². The summed E-state index contributed by atoms with van der Waals surface area (Å²) in [5.41, 5.74) is 0.432. The third-order valence-electron chi connectivity index (χ3n) is 4.05. The van der Waals surface area contributed by atoms with Crippen LogP contribution in [0.1, 0.15) is 5.56 Å². The molecule has 0 saturated carbocycles. The van der Waals surface area contributed by atoms with Gasteiger partial charge in [0.05, 0.1) is 26.2 Å². The van der Waals surface area contributed by atoms with Crippen LogP contribution in [0.3, 0.4) is 0 Å². The van der Waals surface area contributed by atoms with E-state index in [1.165, 1.54) is 31.2 Å². The molecule has 0 aromatic heterocycles. The molecule has 30 heavy (non-hydrogen) atoms. The smallest absolute Gasteiger partial charge is 0.262 e. The van der Waals surface area contributed by atoms with Crippen molar-refractivity contribution in [2.45, 2.75) is 16.7 Å². The molecular weight excluding hydrogens is 458 g/mol. The lowest BCUT2D eigenvalue weighted by Gasteiger charge is -2.14. The molecule has 3 aromatic carbocycles. The number of para-hydroxylation sites is 1. The Labute approximate surface area is 177 Å². The monoisotopic (exact) mass is 472 g/mol. The topological polar surface area (TPSA) is 92.3 Å². The molecule has 158 valence electrons. The Morgan fingerprint density at radius 2 is 1.50 bits per heavy atom. The van der Waals surface area contributed by atoms with Crippen LogP contribution < -0.4 is 9.44 Å². The zero-order valence-electron chi connectivity index (χ0n) is 15.4. The maximum absolute atomic E-state index is 13.4. The maximum Gasteiger partial charge on any atom is 0.262 e. The van der Waals surface area contributed by atoms with E-state index in [4.69, 9.17) is 11.6 Å². The van der Waals surface area contributed by atoms with Crippen molar-refractivity contribution in [3.8, 4) is 0 Å². The summed E-state index contributed by atoms with van der Waals surface area (Å²) in [6.07, 6.45) is 0. The van der Waals surface area contributed by atoms with Gasteiger partial charge in [-0.1, -0.05) is 29.8 Å². The Balaban J connectivity index is 1.95. The van der Waals surface area contributed by atoms with Gasteiger partial charge in [-0.25, -0.2) is 25.6 Å². The minimum atomic E-state index is -4.29. The van der Waals surface area contributed by atoms with Gasteiger partial charge in [-0.05, 0) is 55.0 Å². The molecule has 0 spiro atoms. The van der Waals surface area contributed by atoms with Crippen LogP contribution >= 0.6 is 11.6 Å². The van der Waals surface area contributed by atoms with Gasteiger partial charge in [-0.15, -0.1) is 0 Å². The van der Waals surface area contributed by atoms with Crippen molar-refractivity contribution in [3.05, 3.63) is 82.9 Å². The van der Waals surface area contributed by atoms with Crippen molar-refractivity contribution in [2.75, 3.05) is 9.44 Å². The molecule has 0 fully saturated rings. The second kappa shape index (κ2) is 8.21. The van der Waals surface area contributed by atoms with Crippen LogP contribution in [0.5, 0.6) is 0 Å². The minimum Gasteiger partial charge on any atom is -0.280 e. The summed E-state index contributed by atoms with van der Waals surface area (Å²) in [4.78, 5) is -0.700. The molecule has 3 aromatic rings. The average molecular weight is 473 g/mol. The summed E-state index contributed by atoms with van der Waals surface area (Å²) in [6.45, 7) is 1.54. The number of halogens is 3. The Bertz CT molecular complexity index is 1330. The highest BCUT2D eigenvalue weighted by molar-refractivity contribution is 7.93. The van der Waals surface area contributed by atoms with E-state index in [1.807, 2.05) is 0 Å². The fourth-order valence-corrected chi connectivity index (χ4v) is 5.21. The quantitative estimate of drug-likeness (QED) is 0.551. The van der Waals surface area contributed by atoms with Gasteiger partial charge in [0, 0.05) is 0 Å². The highest BCUT2D eigenvalue weighted by Gasteiger charge is 2.21. The first-order valence-electron chi connectivity index (χ1n) is 8.35. The molecule has 0 radical (unpaired) electrons. The van der Waals surface area contributed by atoms with Crippen LogP contribution in [0, 0.1) is 18.6 Å². The molecule has 0 unspecified atom stereocenters. The van der Waals surface area contributed by atoms with Crippen LogP contribution in [0.25, 0.3) is 0 Å². The number of anilines is 2. The second-order valence-electron chi connectivity index (χ2n) is 6.25. The highest BCUT2D eigenvalue weighted by atomic mass is 35.5. The minimum absolute atomic E-state index is 0.0788. The van der Waals surface area contributed by atoms with E-state index < -0.39 is 36.6 Å².